The van der Waals surface area contributed by atoms with E-state index in [2.05, 4.69) is 72.1 Å². The van der Waals surface area contributed by atoms with Gasteiger partial charge in [0.25, 0.3) is 0 Å². The van der Waals surface area contributed by atoms with Crippen LogP contribution in [0.1, 0.15) is 29.4 Å². The third kappa shape index (κ3) is 1.09. The Morgan fingerprint density at radius 2 is 1.79 bits per heavy atom. The zero-order chi connectivity index (χ0) is 9.92. The topological polar surface area (TPSA) is 0 Å². The zero-order valence-electron chi connectivity index (χ0n) is 7.38. The van der Waals surface area contributed by atoms with Gasteiger partial charge >= 0.3 is 0 Å². The molecule has 0 radical (unpaired) electrons. The maximum atomic E-state index is 3.80. The summed E-state index contributed by atoms with van der Waals surface area (Å²) in [6.07, 6.45) is 1.26. The fourth-order valence-corrected chi connectivity index (χ4v) is 5.10. The molecule has 0 spiro atoms. The molecule has 0 aliphatic heterocycles. The van der Waals surface area contributed by atoms with E-state index in [0.717, 1.165) is 0 Å². The van der Waals surface area contributed by atoms with Gasteiger partial charge in [0, 0.05) is 10.7 Å². The molecule has 2 bridgehead atoms. The molecule has 1 saturated carbocycles. The molecule has 74 valence electrons. The Bertz CT molecular complexity index is 386. The number of fused-ring (bicyclic) bond motifs is 5. The summed E-state index contributed by atoms with van der Waals surface area (Å²) in [6, 6.07) is 8.81. The Morgan fingerprint density at radius 1 is 1.14 bits per heavy atom. The van der Waals surface area contributed by atoms with Gasteiger partial charge < -0.3 is 0 Å². The van der Waals surface area contributed by atoms with Gasteiger partial charge in [0.05, 0.1) is 0 Å². The molecule has 1 aromatic rings. The maximum Gasteiger partial charge on any atom is 0.100 e. The van der Waals surface area contributed by atoms with Gasteiger partial charge in [0.15, 0.2) is 0 Å². The van der Waals surface area contributed by atoms with Crippen LogP contribution in [0.2, 0.25) is 0 Å². The van der Waals surface area contributed by atoms with Gasteiger partial charge in [-0.25, -0.2) is 0 Å². The smallest absolute Gasteiger partial charge is 0.0859 e. The maximum absolute atomic E-state index is 3.80. The lowest BCUT2D eigenvalue weighted by atomic mass is 9.92. The van der Waals surface area contributed by atoms with Crippen LogP contribution < -0.4 is 0 Å². The van der Waals surface area contributed by atoms with E-state index < -0.39 is 0 Å². The summed E-state index contributed by atoms with van der Waals surface area (Å²) < 4.78 is 0.0546. The summed E-state index contributed by atoms with van der Waals surface area (Å²) in [5.41, 5.74) is 3.05. The summed E-state index contributed by atoms with van der Waals surface area (Å²) in [7, 11) is 0. The highest BCUT2D eigenvalue weighted by molar-refractivity contribution is 9.26. The van der Waals surface area contributed by atoms with Gasteiger partial charge in [-0.05, 0) is 23.5 Å². The second-order valence-electron chi connectivity index (χ2n) is 4.10. The van der Waals surface area contributed by atoms with Gasteiger partial charge in [-0.2, -0.15) is 0 Å². The minimum Gasteiger partial charge on any atom is -0.0859 e. The minimum absolute atomic E-state index is 0.0546. The largest absolute Gasteiger partial charge is 0.100 e. The molecule has 3 atom stereocenters. The van der Waals surface area contributed by atoms with Crippen LogP contribution >= 0.6 is 47.8 Å². The average molecular weight is 381 g/mol. The van der Waals surface area contributed by atoms with E-state index in [1.165, 1.54) is 17.5 Å². The van der Waals surface area contributed by atoms with Crippen LogP contribution in [0.5, 0.6) is 0 Å². The lowest BCUT2D eigenvalue weighted by molar-refractivity contribution is 0.736. The van der Waals surface area contributed by atoms with Crippen molar-refractivity contribution in [2.24, 2.45) is 0 Å². The molecule has 0 saturated heterocycles. The van der Waals surface area contributed by atoms with E-state index in [9.17, 15) is 0 Å². The van der Waals surface area contributed by atoms with Gasteiger partial charge in [-0.3, -0.25) is 0 Å². The Morgan fingerprint density at radius 3 is 2.50 bits per heavy atom. The fourth-order valence-electron chi connectivity index (χ4n) is 2.78. The first-order valence-corrected chi connectivity index (χ1v) is 7.23. The molecule has 0 amide bonds. The number of halogens is 3. The average Bonchev–Trinajstić information content (AvgIpc) is 2.64. The molecule has 0 N–H and O–H groups in total. The van der Waals surface area contributed by atoms with Crippen LogP contribution in [0, 0.1) is 0 Å². The molecule has 0 aromatic heterocycles. The monoisotopic (exact) mass is 378 g/mol. The minimum atomic E-state index is 0.0546. The van der Waals surface area contributed by atoms with Crippen molar-refractivity contribution < 1.29 is 0 Å². The summed E-state index contributed by atoms with van der Waals surface area (Å²) in [4.78, 5) is 0.495. The van der Waals surface area contributed by atoms with Crippen molar-refractivity contribution in [3.8, 4) is 0 Å². The normalized spacial score (nSPS) is 37.2. The van der Waals surface area contributed by atoms with E-state index >= 15 is 0 Å². The number of hydrogen-bond acceptors (Lipinski definition) is 0. The second kappa shape index (κ2) is 3.08. The first-order chi connectivity index (χ1) is 6.62. The molecule has 3 rings (SSSR count). The van der Waals surface area contributed by atoms with Crippen LogP contribution in [-0.4, -0.2) is 8.06 Å². The third-order valence-electron chi connectivity index (χ3n) is 3.45. The number of rotatable bonds is 0. The van der Waals surface area contributed by atoms with E-state index in [0.29, 0.717) is 16.7 Å². The first-order valence-electron chi connectivity index (χ1n) is 4.73. The lowest BCUT2D eigenvalue weighted by Crippen LogP contribution is -2.30. The molecule has 0 heterocycles. The van der Waals surface area contributed by atoms with Crippen molar-refractivity contribution in [2.45, 2.75) is 26.3 Å². The molecule has 0 nitrogen and oxygen atoms in total. The summed E-state index contributed by atoms with van der Waals surface area (Å²) in [6.45, 7) is 0. The molecule has 1 fully saturated rings. The number of benzene rings is 1. The quantitative estimate of drug-likeness (QED) is 0.580. The highest BCUT2D eigenvalue weighted by Gasteiger charge is 2.57. The highest BCUT2D eigenvalue weighted by Crippen LogP contribution is 2.66. The number of hydrogen-bond donors (Lipinski definition) is 0. The van der Waals surface area contributed by atoms with Gasteiger partial charge in [0.2, 0.25) is 0 Å². The predicted octanol–water partition coefficient (Wildman–Crippen LogP) is 4.52. The van der Waals surface area contributed by atoms with Crippen molar-refractivity contribution in [2.75, 3.05) is 0 Å². The van der Waals surface area contributed by atoms with Crippen molar-refractivity contribution in [1.29, 1.82) is 0 Å². The van der Waals surface area contributed by atoms with E-state index in [4.69, 9.17) is 0 Å². The van der Waals surface area contributed by atoms with Crippen LogP contribution in [0.3, 0.4) is 0 Å². The van der Waals surface area contributed by atoms with E-state index in [1.54, 1.807) is 0 Å². The van der Waals surface area contributed by atoms with Crippen LogP contribution in [0.15, 0.2) is 24.3 Å². The van der Waals surface area contributed by atoms with Gasteiger partial charge in [-0.1, -0.05) is 72.1 Å². The van der Waals surface area contributed by atoms with Crippen LogP contribution in [0.25, 0.3) is 0 Å². The summed E-state index contributed by atoms with van der Waals surface area (Å²) in [5.74, 6) is 1.27. The van der Waals surface area contributed by atoms with Crippen LogP contribution in [-0.2, 0) is 0 Å². The van der Waals surface area contributed by atoms with Gasteiger partial charge in [0.1, 0.15) is 3.23 Å². The van der Waals surface area contributed by atoms with Crippen molar-refractivity contribution in [3.63, 3.8) is 0 Å². The van der Waals surface area contributed by atoms with Gasteiger partial charge in [-0.15, -0.1) is 0 Å². The molecule has 3 heteroatoms. The van der Waals surface area contributed by atoms with Crippen molar-refractivity contribution in [1.82, 2.24) is 0 Å². The SMILES string of the molecule is Br[C@@H]1[C@H]2C[C@H](c3ccccc32)C1(Br)Br. The second-order valence-corrected chi connectivity index (χ2v) is 8.77. The standard InChI is InChI=1S/C11H9Br3/c12-10-8-5-9(11(10,13)14)7-4-2-1-3-6(7)8/h1-4,8-10H,5H2/t8-,9+,10+/m0/s1. The molecule has 14 heavy (non-hydrogen) atoms. The Kier molecular flexibility index (Phi) is 2.17. The van der Waals surface area contributed by atoms with Crippen molar-refractivity contribution >= 4 is 47.8 Å². The first kappa shape index (κ1) is 9.86. The highest BCUT2D eigenvalue weighted by atomic mass is 79.9. The Labute approximate surface area is 109 Å². The van der Waals surface area contributed by atoms with E-state index in [1.807, 2.05) is 0 Å². The van der Waals surface area contributed by atoms with E-state index in [-0.39, 0.29) is 3.23 Å². The molecular weight excluding hydrogens is 372 g/mol. The lowest BCUT2D eigenvalue weighted by Gasteiger charge is -2.32. The fraction of sp³-hybridized carbons (Fsp3) is 0.455. The van der Waals surface area contributed by atoms with Crippen molar-refractivity contribution in [3.05, 3.63) is 35.4 Å². The predicted molar refractivity (Wildman–Crippen MR) is 69.8 cm³/mol. The molecular formula is C11H9Br3. The third-order valence-corrected chi connectivity index (χ3v) is 8.13. The molecule has 2 aliphatic rings. The Balaban J connectivity index is 2.19. The molecule has 0 unspecified atom stereocenters. The summed E-state index contributed by atoms with van der Waals surface area (Å²) >= 11 is 11.4. The molecule has 1 aromatic carbocycles. The molecule has 2 aliphatic carbocycles. The Hall–Kier alpha value is 0.660. The number of alkyl halides is 3. The van der Waals surface area contributed by atoms with Crippen LogP contribution in [0.4, 0.5) is 0 Å². The zero-order valence-corrected chi connectivity index (χ0v) is 12.1. The summed E-state index contributed by atoms with van der Waals surface area (Å²) in [5, 5.41) is 0.